The number of para-hydroxylation sites is 1. The van der Waals surface area contributed by atoms with Gasteiger partial charge in [-0.3, -0.25) is 4.98 Å². The van der Waals surface area contributed by atoms with Gasteiger partial charge >= 0.3 is 0 Å². The third kappa shape index (κ3) is 2.77. The molecule has 1 heterocycles. The van der Waals surface area contributed by atoms with Crippen molar-refractivity contribution < 1.29 is 4.74 Å². The second-order valence-corrected chi connectivity index (χ2v) is 5.13. The molecule has 0 bridgehead atoms. The lowest BCUT2D eigenvalue weighted by atomic mass is 9.92. The predicted octanol–water partition coefficient (Wildman–Crippen LogP) is 3.17. The summed E-state index contributed by atoms with van der Waals surface area (Å²) in [4.78, 5) is 4.53. The number of aromatic nitrogens is 1. The number of fused-ring (bicyclic) bond motifs is 1. The van der Waals surface area contributed by atoms with Crippen LogP contribution in [0.2, 0.25) is 0 Å². The minimum Gasteiger partial charge on any atom is -0.379 e. The maximum atomic E-state index is 5.68. The van der Waals surface area contributed by atoms with Crippen molar-refractivity contribution in [1.29, 1.82) is 0 Å². The summed E-state index contributed by atoms with van der Waals surface area (Å²) in [7, 11) is 3.74. The molecular formula is C16H22N2O. The van der Waals surface area contributed by atoms with Gasteiger partial charge in [-0.1, -0.05) is 38.1 Å². The summed E-state index contributed by atoms with van der Waals surface area (Å²) < 4.78 is 5.68. The molecule has 2 aromatic rings. The molecule has 19 heavy (non-hydrogen) atoms. The first-order valence-electron chi connectivity index (χ1n) is 6.72. The van der Waals surface area contributed by atoms with Gasteiger partial charge in [0.15, 0.2) is 0 Å². The lowest BCUT2D eigenvalue weighted by Gasteiger charge is -2.29. The number of ether oxygens (including phenoxy) is 1. The summed E-state index contributed by atoms with van der Waals surface area (Å²) in [5.41, 5.74) is 2.24. The Balaban J connectivity index is 2.51. The lowest BCUT2D eigenvalue weighted by Crippen LogP contribution is -2.35. The fraction of sp³-hybridized carbons (Fsp3) is 0.438. The molecule has 3 heteroatoms. The summed E-state index contributed by atoms with van der Waals surface area (Å²) >= 11 is 0. The van der Waals surface area contributed by atoms with Gasteiger partial charge in [-0.15, -0.1) is 0 Å². The summed E-state index contributed by atoms with van der Waals surface area (Å²) in [6, 6.07) is 10.5. The Labute approximate surface area is 115 Å². The Bertz CT molecular complexity index is 534. The Kier molecular flexibility index (Phi) is 4.51. The summed E-state index contributed by atoms with van der Waals surface area (Å²) in [5.74, 6) is 0.432. The zero-order chi connectivity index (χ0) is 13.8. The first-order chi connectivity index (χ1) is 9.19. The molecule has 0 saturated heterocycles. The summed E-state index contributed by atoms with van der Waals surface area (Å²) in [5, 5.41) is 4.54. The molecule has 0 amide bonds. The summed E-state index contributed by atoms with van der Waals surface area (Å²) in [6.45, 7) is 4.36. The molecule has 1 aromatic heterocycles. The Morgan fingerprint density at radius 2 is 1.89 bits per heavy atom. The van der Waals surface area contributed by atoms with Gasteiger partial charge in [-0.05, 0) is 24.6 Å². The van der Waals surface area contributed by atoms with Gasteiger partial charge in [0.2, 0.25) is 0 Å². The molecular weight excluding hydrogens is 236 g/mol. The number of benzene rings is 1. The van der Waals surface area contributed by atoms with Crippen LogP contribution in [0.25, 0.3) is 10.9 Å². The molecule has 0 saturated carbocycles. The SMILES string of the molecule is CNC(c1cccc2cccnc12)C(OC)C(C)C. The molecule has 3 nitrogen and oxygen atoms in total. The van der Waals surface area contributed by atoms with Crippen LogP contribution in [-0.4, -0.2) is 25.2 Å². The number of pyridine rings is 1. The van der Waals surface area contributed by atoms with Crippen molar-refractivity contribution in [2.75, 3.05) is 14.2 Å². The number of rotatable bonds is 5. The van der Waals surface area contributed by atoms with Crippen LogP contribution >= 0.6 is 0 Å². The van der Waals surface area contributed by atoms with E-state index >= 15 is 0 Å². The van der Waals surface area contributed by atoms with E-state index < -0.39 is 0 Å². The number of nitrogens with one attached hydrogen (secondary N) is 1. The van der Waals surface area contributed by atoms with Crippen LogP contribution in [0.3, 0.4) is 0 Å². The highest BCUT2D eigenvalue weighted by molar-refractivity contribution is 5.82. The Hall–Kier alpha value is -1.45. The lowest BCUT2D eigenvalue weighted by molar-refractivity contribution is 0.0352. The van der Waals surface area contributed by atoms with E-state index in [2.05, 4.69) is 48.4 Å². The van der Waals surface area contributed by atoms with Crippen LogP contribution in [-0.2, 0) is 4.74 Å². The van der Waals surface area contributed by atoms with Gasteiger partial charge in [-0.2, -0.15) is 0 Å². The third-order valence-corrected chi connectivity index (χ3v) is 3.57. The normalized spacial score (nSPS) is 14.8. The fourth-order valence-corrected chi connectivity index (χ4v) is 2.67. The third-order valence-electron chi connectivity index (χ3n) is 3.57. The minimum absolute atomic E-state index is 0.123. The monoisotopic (exact) mass is 258 g/mol. The van der Waals surface area contributed by atoms with Gasteiger partial charge in [-0.25, -0.2) is 0 Å². The number of nitrogens with zero attached hydrogens (tertiary/aromatic N) is 1. The van der Waals surface area contributed by atoms with E-state index in [-0.39, 0.29) is 12.1 Å². The number of hydrogen-bond donors (Lipinski definition) is 1. The van der Waals surface area contributed by atoms with E-state index in [1.54, 1.807) is 7.11 Å². The number of methoxy groups -OCH3 is 1. The molecule has 0 radical (unpaired) electrons. The average molecular weight is 258 g/mol. The van der Waals surface area contributed by atoms with Crippen molar-refractivity contribution in [2.24, 2.45) is 5.92 Å². The highest BCUT2D eigenvalue weighted by atomic mass is 16.5. The number of likely N-dealkylation sites (N-methyl/N-ethyl adjacent to an activating group) is 1. The second-order valence-electron chi connectivity index (χ2n) is 5.13. The van der Waals surface area contributed by atoms with Gasteiger partial charge in [0.1, 0.15) is 0 Å². The van der Waals surface area contributed by atoms with Crippen LogP contribution in [0.1, 0.15) is 25.5 Å². The van der Waals surface area contributed by atoms with Gasteiger partial charge in [0.25, 0.3) is 0 Å². The van der Waals surface area contributed by atoms with E-state index in [9.17, 15) is 0 Å². The van der Waals surface area contributed by atoms with Gasteiger partial charge < -0.3 is 10.1 Å². The Morgan fingerprint density at radius 3 is 2.53 bits per heavy atom. The van der Waals surface area contributed by atoms with Crippen molar-refractivity contribution in [3.05, 3.63) is 42.1 Å². The van der Waals surface area contributed by atoms with Crippen LogP contribution in [0.4, 0.5) is 0 Å². The molecule has 2 unspecified atom stereocenters. The van der Waals surface area contributed by atoms with E-state index in [0.29, 0.717) is 5.92 Å². The van der Waals surface area contributed by atoms with E-state index in [4.69, 9.17) is 4.74 Å². The first kappa shape index (κ1) is 14.0. The molecule has 2 rings (SSSR count). The first-order valence-corrected chi connectivity index (χ1v) is 6.72. The molecule has 0 spiro atoms. The second kappa shape index (κ2) is 6.13. The maximum absolute atomic E-state index is 5.68. The molecule has 0 aliphatic rings. The molecule has 0 aliphatic carbocycles. The predicted molar refractivity (Wildman–Crippen MR) is 79.2 cm³/mol. The molecule has 0 aliphatic heterocycles. The zero-order valence-electron chi connectivity index (χ0n) is 12.1. The molecule has 102 valence electrons. The van der Waals surface area contributed by atoms with Gasteiger partial charge in [0, 0.05) is 18.7 Å². The van der Waals surface area contributed by atoms with Crippen molar-refractivity contribution in [1.82, 2.24) is 10.3 Å². The molecule has 2 atom stereocenters. The van der Waals surface area contributed by atoms with E-state index in [0.717, 1.165) is 5.52 Å². The zero-order valence-corrected chi connectivity index (χ0v) is 12.1. The average Bonchev–Trinajstić information content (AvgIpc) is 2.43. The fourth-order valence-electron chi connectivity index (χ4n) is 2.67. The van der Waals surface area contributed by atoms with Crippen LogP contribution in [0, 0.1) is 5.92 Å². The Morgan fingerprint density at radius 1 is 1.16 bits per heavy atom. The van der Waals surface area contributed by atoms with Crippen molar-refractivity contribution in [3.63, 3.8) is 0 Å². The highest BCUT2D eigenvalue weighted by Crippen LogP contribution is 2.28. The van der Waals surface area contributed by atoms with Crippen molar-refractivity contribution in [3.8, 4) is 0 Å². The van der Waals surface area contributed by atoms with Crippen molar-refractivity contribution in [2.45, 2.75) is 26.0 Å². The standard InChI is InChI=1S/C16H22N2O/c1-11(2)16(19-4)15(17-3)13-9-5-7-12-8-6-10-18-14(12)13/h5-11,15-17H,1-4H3. The van der Waals surface area contributed by atoms with Crippen LogP contribution in [0.5, 0.6) is 0 Å². The maximum Gasteiger partial charge on any atom is 0.0789 e. The van der Waals surface area contributed by atoms with Gasteiger partial charge in [0.05, 0.1) is 17.7 Å². The minimum atomic E-state index is 0.123. The summed E-state index contributed by atoms with van der Waals surface area (Å²) in [6.07, 6.45) is 1.97. The topological polar surface area (TPSA) is 34.2 Å². The molecule has 1 aromatic carbocycles. The quantitative estimate of drug-likeness (QED) is 0.894. The van der Waals surface area contributed by atoms with Crippen LogP contribution in [0.15, 0.2) is 36.5 Å². The highest BCUT2D eigenvalue weighted by Gasteiger charge is 2.26. The molecule has 0 fully saturated rings. The van der Waals surface area contributed by atoms with Crippen molar-refractivity contribution >= 4 is 10.9 Å². The van der Waals surface area contributed by atoms with Crippen LogP contribution < -0.4 is 5.32 Å². The molecule has 1 N–H and O–H groups in total. The smallest absolute Gasteiger partial charge is 0.0789 e. The largest absolute Gasteiger partial charge is 0.379 e. The number of hydrogen-bond acceptors (Lipinski definition) is 3. The van der Waals surface area contributed by atoms with E-state index in [1.165, 1.54) is 10.9 Å². The van der Waals surface area contributed by atoms with E-state index in [1.807, 2.05) is 19.3 Å².